The van der Waals surface area contributed by atoms with Gasteiger partial charge in [-0.15, -0.1) is 0 Å². The van der Waals surface area contributed by atoms with Gasteiger partial charge >= 0.3 is 0 Å². The van der Waals surface area contributed by atoms with E-state index in [2.05, 4.69) is 0 Å². The predicted molar refractivity (Wildman–Crippen MR) is 81.5 cm³/mol. The van der Waals surface area contributed by atoms with E-state index in [-0.39, 0.29) is 5.75 Å². The van der Waals surface area contributed by atoms with Crippen LogP contribution in [-0.4, -0.2) is 52.9 Å². The van der Waals surface area contributed by atoms with Gasteiger partial charge in [0, 0.05) is 5.75 Å². The maximum atomic E-state index is 9.91. The molecular formula is C13H32N2O5S. The van der Waals surface area contributed by atoms with Gasteiger partial charge in [0.15, 0.2) is 0 Å². The Morgan fingerprint density at radius 3 is 1.48 bits per heavy atom. The molecule has 4 N–H and O–H groups in total. The van der Waals surface area contributed by atoms with Crippen molar-refractivity contribution in [2.75, 3.05) is 33.9 Å². The van der Waals surface area contributed by atoms with Gasteiger partial charge in [-0.2, -0.15) is 0 Å². The zero-order chi connectivity index (χ0) is 17.9. The molecule has 0 saturated heterocycles. The summed E-state index contributed by atoms with van der Waals surface area (Å²) in [6, 6.07) is 0. The Labute approximate surface area is 129 Å². The number of carbonyl (C=O) groups excluding carboxylic acids is 1. The predicted octanol–water partition coefficient (Wildman–Crippen LogP) is -2.35. The summed E-state index contributed by atoms with van der Waals surface area (Å²) in [5.74, 6) is -1.32. The van der Waals surface area contributed by atoms with E-state index in [1.165, 1.54) is 6.92 Å². The molecule has 0 heterocycles. The van der Waals surface area contributed by atoms with E-state index >= 15 is 0 Å². The Kier molecular flexibility index (Phi) is 28.7. The minimum atomic E-state index is -3.92. The molecule has 0 aliphatic rings. The third-order valence-electron chi connectivity index (χ3n) is 1.29. The number of aliphatic carboxylic acids is 1. The van der Waals surface area contributed by atoms with E-state index in [9.17, 15) is 22.9 Å². The molecule has 0 saturated carbocycles. The van der Waals surface area contributed by atoms with Crippen molar-refractivity contribution >= 4 is 16.1 Å². The van der Waals surface area contributed by atoms with Crippen molar-refractivity contribution in [3.05, 3.63) is 11.6 Å². The zero-order valence-corrected chi connectivity index (χ0v) is 15.1. The highest BCUT2D eigenvalue weighted by Gasteiger charge is 1.87. The maximum absolute atomic E-state index is 9.91. The second kappa shape index (κ2) is 21.3. The van der Waals surface area contributed by atoms with Gasteiger partial charge in [0.05, 0.1) is 44.3 Å². The second-order valence-corrected chi connectivity index (χ2v) is 5.52. The van der Waals surface area contributed by atoms with Crippen LogP contribution in [0.15, 0.2) is 11.6 Å². The largest absolute Gasteiger partial charge is 0.748 e. The summed E-state index contributed by atoms with van der Waals surface area (Å²) in [5.41, 5.74) is 0.313. The number of quaternary nitrogens is 2. The first-order valence-corrected chi connectivity index (χ1v) is 8.44. The molecular weight excluding hydrogens is 296 g/mol. The van der Waals surface area contributed by atoms with Crippen LogP contribution >= 0.6 is 0 Å². The van der Waals surface area contributed by atoms with E-state index in [1.54, 1.807) is 13.0 Å². The Hall–Kier alpha value is -0.960. The Bertz CT molecular complexity index is 338. The van der Waals surface area contributed by atoms with Crippen molar-refractivity contribution < 1.29 is 33.5 Å². The van der Waals surface area contributed by atoms with Crippen LogP contribution in [0.25, 0.3) is 0 Å². The van der Waals surface area contributed by atoms with Gasteiger partial charge in [0.2, 0.25) is 0 Å². The van der Waals surface area contributed by atoms with Crippen molar-refractivity contribution in [2.24, 2.45) is 0 Å². The van der Waals surface area contributed by atoms with Crippen LogP contribution in [0.2, 0.25) is 0 Å². The normalized spacial score (nSPS) is 10.0. The number of allylic oxidation sites excluding steroid dienone is 1. The molecule has 0 aliphatic heterocycles. The number of hydrogen-bond donors (Lipinski definition) is 2. The monoisotopic (exact) mass is 328 g/mol. The van der Waals surface area contributed by atoms with Gasteiger partial charge in [0.25, 0.3) is 0 Å². The van der Waals surface area contributed by atoms with Crippen molar-refractivity contribution in [3.63, 3.8) is 0 Å². The molecule has 7 nitrogen and oxygen atoms in total. The van der Waals surface area contributed by atoms with Gasteiger partial charge in [0.1, 0.15) is 0 Å². The number of carbonyl (C=O) groups is 1. The van der Waals surface area contributed by atoms with Crippen LogP contribution in [0.5, 0.6) is 0 Å². The molecule has 0 fully saturated rings. The first-order chi connectivity index (χ1) is 9.57. The first-order valence-electron chi connectivity index (χ1n) is 6.87. The number of hydrogen-bond acceptors (Lipinski definition) is 5. The fourth-order valence-electron chi connectivity index (χ4n) is 0.640. The minimum Gasteiger partial charge on any atom is -0.748 e. The lowest BCUT2D eigenvalue weighted by Gasteiger charge is -2.00. The van der Waals surface area contributed by atoms with Gasteiger partial charge in [-0.3, -0.25) is 0 Å². The van der Waals surface area contributed by atoms with E-state index in [1.807, 2.05) is 45.7 Å². The highest BCUT2D eigenvalue weighted by molar-refractivity contribution is 7.85. The van der Waals surface area contributed by atoms with Crippen LogP contribution in [0.1, 0.15) is 33.6 Å². The van der Waals surface area contributed by atoms with Crippen LogP contribution < -0.4 is 15.7 Å². The number of carboxylic acids is 1. The SMILES string of the molecule is CCC=C(C)C(=O)[O-].CCCS(=O)(=O)[O-].C[NH2+]C.C[NH2+]C. The van der Waals surface area contributed by atoms with Gasteiger partial charge in [-0.05, 0) is 25.3 Å². The highest BCUT2D eigenvalue weighted by atomic mass is 32.2. The van der Waals surface area contributed by atoms with Crippen LogP contribution in [0.4, 0.5) is 0 Å². The Balaban J connectivity index is -0.000000101. The summed E-state index contributed by atoms with van der Waals surface area (Å²) < 4.78 is 29.0. The Morgan fingerprint density at radius 2 is 1.43 bits per heavy atom. The average Bonchev–Trinajstić information content (AvgIpc) is 2.30. The van der Waals surface area contributed by atoms with Crippen molar-refractivity contribution in [3.8, 4) is 0 Å². The molecule has 0 unspecified atom stereocenters. The summed E-state index contributed by atoms with van der Waals surface area (Å²) in [4.78, 5) is 9.91. The summed E-state index contributed by atoms with van der Waals surface area (Å²) >= 11 is 0. The van der Waals surface area contributed by atoms with E-state index in [0.29, 0.717) is 12.0 Å². The zero-order valence-electron chi connectivity index (χ0n) is 14.3. The summed E-state index contributed by atoms with van der Waals surface area (Å²) in [6.45, 7) is 5.06. The first kappa shape index (κ1) is 28.2. The molecule has 0 rings (SSSR count). The van der Waals surface area contributed by atoms with Crippen LogP contribution in [0, 0.1) is 0 Å². The third-order valence-corrected chi connectivity index (χ3v) is 2.19. The van der Waals surface area contributed by atoms with Crippen molar-refractivity contribution in [1.29, 1.82) is 0 Å². The summed E-state index contributed by atoms with van der Waals surface area (Å²) in [6.07, 6.45) is 2.78. The Morgan fingerprint density at radius 1 is 1.10 bits per heavy atom. The molecule has 0 spiro atoms. The molecule has 0 atom stereocenters. The lowest BCUT2D eigenvalue weighted by atomic mass is 10.2. The molecule has 0 aromatic rings. The van der Waals surface area contributed by atoms with Gasteiger partial charge < -0.3 is 25.1 Å². The maximum Gasteiger partial charge on any atom is 0.0945 e. The van der Waals surface area contributed by atoms with Crippen molar-refractivity contribution in [1.82, 2.24) is 0 Å². The fraction of sp³-hybridized carbons (Fsp3) is 0.769. The number of rotatable bonds is 4. The highest BCUT2D eigenvalue weighted by Crippen LogP contribution is 1.90. The fourth-order valence-corrected chi connectivity index (χ4v) is 1.14. The van der Waals surface area contributed by atoms with Crippen LogP contribution in [0.3, 0.4) is 0 Å². The molecule has 8 heteroatoms. The van der Waals surface area contributed by atoms with E-state index in [4.69, 9.17) is 0 Å². The lowest BCUT2D eigenvalue weighted by Crippen LogP contribution is -2.74. The molecule has 0 radical (unpaired) electrons. The molecule has 21 heavy (non-hydrogen) atoms. The topological polar surface area (TPSA) is 131 Å². The smallest absolute Gasteiger partial charge is 0.0945 e. The minimum absolute atomic E-state index is 0.243. The standard InChI is InChI=1S/C6H10O2.C3H8O3S.2C2H7N/c1-3-4-5(2)6(7)8;1-2-3-7(4,5)6;2*1-3-2/h4H,3H2,1-2H3,(H,7,8);2-3H2,1H3,(H,4,5,6);2*3H,1-2H3. The van der Waals surface area contributed by atoms with Gasteiger partial charge in [-0.1, -0.05) is 19.9 Å². The second-order valence-electron chi connectivity index (χ2n) is 4.00. The quantitative estimate of drug-likeness (QED) is 0.441. The molecule has 130 valence electrons. The molecule has 0 aromatic heterocycles. The third kappa shape index (κ3) is 54.8. The van der Waals surface area contributed by atoms with E-state index < -0.39 is 16.1 Å². The van der Waals surface area contributed by atoms with Crippen molar-refractivity contribution in [2.45, 2.75) is 33.6 Å². The van der Waals surface area contributed by atoms with Gasteiger partial charge in [-0.25, -0.2) is 8.42 Å². The summed E-state index contributed by atoms with van der Waals surface area (Å²) in [7, 11) is 4.08. The average molecular weight is 328 g/mol. The lowest BCUT2D eigenvalue weighted by molar-refractivity contribution is -0.597. The number of carboxylic acid groups (broad SMARTS) is 1. The molecule has 0 bridgehead atoms. The summed E-state index contributed by atoms with van der Waals surface area (Å²) in [5, 5.41) is 13.9. The molecule has 0 amide bonds. The molecule has 0 aliphatic carbocycles. The molecule has 0 aromatic carbocycles. The number of nitrogens with two attached hydrogens (primary N) is 2. The van der Waals surface area contributed by atoms with Crippen LogP contribution in [-0.2, 0) is 14.9 Å². The van der Waals surface area contributed by atoms with E-state index in [0.717, 1.165) is 6.42 Å².